The standard InChI is InChI=1S/C16H19FN4O2.ClH/c1-10-7-12(17)3-4-13(10)21-9-14(22)15(19-21)16(23)20-6-5-18-11(2)8-20;/h3-4,7,9,11,18,22H,5-6,8H2,1-2H3;1H. The fraction of sp³-hybridized carbons (Fsp3) is 0.375. The van der Waals surface area contributed by atoms with Crippen molar-refractivity contribution in [2.75, 3.05) is 19.6 Å². The average molecular weight is 355 g/mol. The van der Waals surface area contributed by atoms with Crippen molar-refractivity contribution in [3.8, 4) is 11.4 Å². The summed E-state index contributed by atoms with van der Waals surface area (Å²) >= 11 is 0. The molecular formula is C16H20ClFN4O2. The van der Waals surface area contributed by atoms with E-state index >= 15 is 0 Å². The number of halogens is 2. The van der Waals surface area contributed by atoms with Crippen LogP contribution >= 0.6 is 12.4 Å². The van der Waals surface area contributed by atoms with Crippen LogP contribution in [0.5, 0.6) is 5.75 Å². The molecule has 8 heteroatoms. The molecule has 24 heavy (non-hydrogen) atoms. The largest absolute Gasteiger partial charge is 0.504 e. The lowest BCUT2D eigenvalue weighted by molar-refractivity contribution is 0.0699. The van der Waals surface area contributed by atoms with Crippen molar-refractivity contribution in [2.24, 2.45) is 0 Å². The van der Waals surface area contributed by atoms with E-state index in [9.17, 15) is 14.3 Å². The Kier molecular flexibility index (Phi) is 5.46. The van der Waals surface area contributed by atoms with E-state index in [1.54, 1.807) is 17.9 Å². The van der Waals surface area contributed by atoms with E-state index in [0.717, 1.165) is 0 Å². The number of aromatic nitrogens is 2. The van der Waals surface area contributed by atoms with Crippen LogP contribution in [0.3, 0.4) is 0 Å². The second-order valence-corrected chi connectivity index (χ2v) is 5.84. The van der Waals surface area contributed by atoms with Gasteiger partial charge in [0.25, 0.3) is 5.91 Å². The molecule has 2 aromatic rings. The van der Waals surface area contributed by atoms with Crippen LogP contribution in [0, 0.1) is 12.7 Å². The Bertz CT molecular complexity index is 750. The van der Waals surface area contributed by atoms with E-state index in [0.29, 0.717) is 30.9 Å². The summed E-state index contributed by atoms with van der Waals surface area (Å²) in [6.07, 6.45) is 1.37. The zero-order valence-electron chi connectivity index (χ0n) is 13.5. The predicted molar refractivity (Wildman–Crippen MR) is 90.5 cm³/mol. The highest BCUT2D eigenvalue weighted by Crippen LogP contribution is 2.22. The van der Waals surface area contributed by atoms with Gasteiger partial charge in [-0.2, -0.15) is 5.10 Å². The lowest BCUT2D eigenvalue weighted by Gasteiger charge is -2.31. The van der Waals surface area contributed by atoms with Gasteiger partial charge in [-0.1, -0.05) is 0 Å². The van der Waals surface area contributed by atoms with E-state index in [1.165, 1.54) is 23.0 Å². The lowest BCUT2D eigenvalue weighted by atomic mass is 10.2. The summed E-state index contributed by atoms with van der Waals surface area (Å²) in [6.45, 7) is 5.60. The molecule has 0 radical (unpaired) electrons. The molecule has 1 aliphatic heterocycles. The minimum atomic E-state index is -0.339. The van der Waals surface area contributed by atoms with Crippen LogP contribution in [-0.4, -0.2) is 51.4 Å². The highest BCUT2D eigenvalue weighted by Gasteiger charge is 2.26. The zero-order chi connectivity index (χ0) is 16.6. The number of aryl methyl sites for hydroxylation is 1. The number of hydrogen-bond acceptors (Lipinski definition) is 4. The Balaban J connectivity index is 0.00000208. The van der Waals surface area contributed by atoms with E-state index in [1.807, 2.05) is 6.92 Å². The maximum absolute atomic E-state index is 13.2. The van der Waals surface area contributed by atoms with Crippen LogP contribution in [0.1, 0.15) is 23.0 Å². The summed E-state index contributed by atoms with van der Waals surface area (Å²) in [4.78, 5) is 14.2. The molecule has 1 aromatic heterocycles. The summed E-state index contributed by atoms with van der Waals surface area (Å²) in [6, 6.07) is 4.48. The van der Waals surface area contributed by atoms with Crippen molar-refractivity contribution >= 4 is 18.3 Å². The van der Waals surface area contributed by atoms with Gasteiger partial charge in [0.2, 0.25) is 0 Å². The van der Waals surface area contributed by atoms with Gasteiger partial charge in [0.1, 0.15) is 5.82 Å². The Morgan fingerprint density at radius 3 is 2.88 bits per heavy atom. The molecule has 1 saturated heterocycles. The Morgan fingerprint density at radius 2 is 2.21 bits per heavy atom. The van der Waals surface area contributed by atoms with Crippen molar-refractivity contribution in [1.82, 2.24) is 20.0 Å². The number of hydrogen-bond donors (Lipinski definition) is 2. The molecule has 1 aliphatic rings. The van der Waals surface area contributed by atoms with Gasteiger partial charge in [-0.3, -0.25) is 4.79 Å². The number of piperazine rings is 1. The fourth-order valence-electron chi connectivity index (χ4n) is 2.78. The molecule has 1 aromatic carbocycles. The second-order valence-electron chi connectivity index (χ2n) is 5.84. The number of carbonyl (C=O) groups excluding carboxylic acids is 1. The molecule has 0 aliphatic carbocycles. The number of aromatic hydroxyl groups is 1. The minimum absolute atomic E-state index is 0. The third-order valence-electron chi connectivity index (χ3n) is 3.96. The topological polar surface area (TPSA) is 70.4 Å². The van der Waals surface area contributed by atoms with Crippen LogP contribution in [-0.2, 0) is 0 Å². The quantitative estimate of drug-likeness (QED) is 0.864. The first-order valence-electron chi connectivity index (χ1n) is 7.53. The van der Waals surface area contributed by atoms with Crippen molar-refractivity contribution in [2.45, 2.75) is 19.9 Å². The van der Waals surface area contributed by atoms with Crippen molar-refractivity contribution in [3.63, 3.8) is 0 Å². The Labute approximate surface area is 145 Å². The number of nitrogens with zero attached hydrogens (tertiary/aromatic N) is 3. The maximum atomic E-state index is 13.2. The first kappa shape index (κ1) is 18.2. The number of amides is 1. The number of nitrogens with one attached hydrogen (secondary N) is 1. The fourth-order valence-corrected chi connectivity index (χ4v) is 2.78. The molecule has 1 amide bonds. The molecular weight excluding hydrogens is 335 g/mol. The molecule has 2 N–H and O–H groups in total. The van der Waals surface area contributed by atoms with Crippen molar-refractivity contribution in [3.05, 3.63) is 41.5 Å². The number of benzene rings is 1. The molecule has 0 spiro atoms. The number of rotatable bonds is 2. The predicted octanol–water partition coefficient (Wildman–Crippen LogP) is 1.88. The highest BCUT2D eigenvalue weighted by molar-refractivity contribution is 5.95. The van der Waals surface area contributed by atoms with Crippen LogP contribution in [0.15, 0.2) is 24.4 Å². The van der Waals surface area contributed by atoms with Gasteiger partial charge in [-0.05, 0) is 37.6 Å². The normalized spacial score (nSPS) is 17.5. The van der Waals surface area contributed by atoms with Crippen LogP contribution in [0.25, 0.3) is 5.69 Å². The first-order chi connectivity index (χ1) is 11.0. The first-order valence-corrected chi connectivity index (χ1v) is 7.53. The van der Waals surface area contributed by atoms with Gasteiger partial charge < -0.3 is 15.3 Å². The van der Waals surface area contributed by atoms with Crippen LogP contribution in [0.2, 0.25) is 0 Å². The van der Waals surface area contributed by atoms with Crippen LogP contribution in [0.4, 0.5) is 4.39 Å². The average Bonchev–Trinajstić information content (AvgIpc) is 2.88. The maximum Gasteiger partial charge on any atom is 0.278 e. The lowest BCUT2D eigenvalue weighted by Crippen LogP contribution is -2.51. The smallest absolute Gasteiger partial charge is 0.278 e. The zero-order valence-corrected chi connectivity index (χ0v) is 14.3. The van der Waals surface area contributed by atoms with Gasteiger partial charge in [0.15, 0.2) is 11.4 Å². The third kappa shape index (κ3) is 3.52. The summed E-state index contributed by atoms with van der Waals surface area (Å²) in [5.74, 6) is -0.812. The molecule has 3 rings (SSSR count). The van der Waals surface area contributed by atoms with E-state index in [4.69, 9.17) is 0 Å². The molecule has 0 bridgehead atoms. The van der Waals surface area contributed by atoms with Gasteiger partial charge in [0, 0.05) is 25.7 Å². The Hall–Kier alpha value is -2.12. The van der Waals surface area contributed by atoms with E-state index < -0.39 is 0 Å². The highest BCUT2D eigenvalue weighted by atomic mass is 35.5. The van der Waals surface area contributed by atoms with Crippen molar-refractivity contribution < 1.29 is 14.3 Å². The molecule has 130 valence electrons. The summed E-state index contributed by atoms with van der Waals surface area (Å²) in [5.41, 5.74) is 1.31. The molecule has 2 heterocycles. The summed E-state index contributed by atoms with van der Waals surface area (Å²) in [5, 5.41) is 17.5. The minimum Gasteiger partial charge on any atom is -0.504 e. The summed E-state index contributed by atoms with van der Waals surface area (Å²) < 4.78 is 14.6. The molecule has 1 atom stereocenters. The van der Waals surface area contributed by atoms with Crippen LogP contribution < -0.4 is 5.32 Å². The third-order valence-corrected chi connectivity index (χ3v) is 3.96. The van der Waals surface area contributed by atoms with Crippen molar-refractivity contribution in [1.29, 1.82) is 0 Å². The van der Waals surface area contributed by atoms with Gasteiger partial charge in [-0.25, -0.2) is 9.07 Å². The second kappa shape index (κ2) is 7.19. The monoisotopic (exact) mass is 354 g/mol. The molecule has 1 fully saturated rings. The van der Waals surface area contributed by atoms with E-state index in [-0.39, 0.29) is 41.6 Å². The van der Waals surface area contributed by atoms with Gasteiger partial charge >= 0.3 is 0 Å². The number of carbonyl (C=O) groups is 1. The van der Waals surface area contributed by atoms with Gasteiger partial charge in [0.05, 0.1) is 11.9 Å². The molecule has 0 saturated carbocycles. The Morgan fingerprint density at radius 1 is 1.46 bits per heavy atom. The summed E-state index contributed by atoms with van der Waals surface area (Å²) in [7, 11) is 0. The molecule has 1 unspecified atom stereocenters. The van der Waals surface area contributed by atoms with E-state index in [2.05, 4.69) is 10.4 Å². The molecule has 6 nitrogen and oxygen atoms in total. The van der Waals surface area contributed by atoms with Gasteiger partial charge in [-0.15, -0.1) is 12.4 Å². The SMILES string of the molecule is Cc1cc(F)ccc1-n1cc(O)c(C(=O)N2CCNC(C)C2)n1.Cl.